The van der Waals surface area contributed by atoms with Gasteiger partial charge in [0.05, 0.1) is 35.8 Å². The molecular formula is C25H26N4O8S2. The average Bonchev–Trinajstić information content (AvgIpc) is 3.48. The molecule has 2 amide bonds. The third-order valence-corrected chi connectivity index (χ3v) is 8.95. The predicted octanol–water partition coefficient (Wildman–Crippen LogP) is 1.25. The maximum atomic E-state index is 12.8. The molecule has 14 heteroatoms. The molecule has 0 unspecified atom stereocenters. The summed E-state index contributed by atoms with van der Waals surface area (Å²) in [5.41, 5.74) is 5.05. The van der Waals surface area contributed by atoms with Crippen molar-refractivity contribution in [3.05, 3.63) is 89.9 Å². The van der Waals surface area contributed by atoms with Gasteiger partial charge in [-0.25, -0.2) is 21.6 Å². The average molecular weight is 575 g/mol. The van der Waals surface area contributed by atoms with Gasteiger partial charge in [0.2, 0.25) is 20.0 Å². The molecule has 1 aliphatic rings. The molecule has 1 aliphatic heterocycles. The van der Waals surface area contributed by atoms with Crippen molar-refractivity contribution in [2.24, 2.45) is 0 Å². The van der Waals surface area contributed by atoms with Gasteiger partial charge in [0.15, 0.2) is 0 Å². The van der Waals surface area contributed by atoms with E-state index < -0.39 is 31.9 Å². The number of nitrogens with one attached hydrogen (secondary N) is 3. The lowest BCUT2D eigenvalue weighted by Crippen LogP contribution is -2.41. The minimum absolute atomic E-state index is 0.0108. The van der Waals surface area contributed by atoms with E-state index in [-0.39, 0.29) is 35.0 Å². The highest BCUT2D eigenvalue weighted by Gasteiger charge is 2.27. The summed E-state index contributed by atoms with van der Waals surface area (Å²) < 4.78 is 64.5. The normalized spacial score (nSPS) is 14.8. The van der Waals surface area contributed by atoms with Crippen LogP contribution >= 0.6 is 0 Å². The highest BCUT2D eigenvalue weighted by atomic mass is 32.2. The molecule has 1 fully saturated rings. The van der Waals surface area contributed by atoms with Crippen LogP contribution in [0.3, 0.4) is 0 Å². The lowest BCUT2D eigenvalue weighted by molar-refractivity contribution is -0.117. The molecule has 4 rings (SSSR count). The maximum absolute atomic E-state index is 12.8. The van der Waals surface area contributed by atoms with E-state index in [1.165, 1.54) is 65.2 Å². The summed E-state index contributed by atoms with van der Waals surface area (Å²) in [7, 11) is -7.54. The smallest absolute Gasteiger partial charge is 0.269 e. The quantitative estimate of drug-likeness (QED) is 0.254. The molecule has 2 aromatic carbocycles. The Kier molecular flexibility index (Phi) is 8.93. The van der Waals surface area contributed by atoms with E-state index in [9.17, 15) is 26.4 Å². The summed E-state index contributed by atoms with van der Waals surface area (Å²) in [6, 6.07) is 14.6. The van der Waals surface area contributed by atoms with Gasteiger partial charge in [-0.1, -0.05) is 18.2 Å². The first-order chi connectivity index (χ1) is 18.6. The molecule has 0 aliphatic carbocycles. The van der Waals surface area contributed by atoms with Crippen LogP contribution in [0.4, 0.5) is 0 Å². The Balaban J connectivity index is 1.30. The van der Waals surface area contributed by atoms with E-state index >= 15 is 0 Å². The summed E-state index contributed by atoms with van der Waals surface area (Å²) in [5, 5.41) is 0. The highest BCUT2D eigenvalue weighted by molar-refractivity contribution is 7.89. The molecule has 12 nitrogen and oxygen atoms in total. The Labute approximate surface area is 225 Å². The SMILES string of the molecule is O=C(/C=C/c1ccc(S(=O)(=O)NCc2ccco2)cc1)NNC(=O)c1cccc(S(=O)(=O)N2CCOCC2)c1. The lowest BCUT2D eigenvalue weighted by atomic mass is 10.2. The van der Waals surface area contributed by atoms with Gasteiger partial charge in [-0.3, -0.25) is 20.4 Å². The number of morpholine rings is 1. The van der Waals surface area contributed by atoms with Gasteiger partial charge in [0, 0.05) is 24.7 Å². The van der Waals surface area contributed by atoms with E-state index in [1.54, 1.807) is 12.1 Å². The number of benzene rings is 2. The van der Waals surface area contributed by atoms with Crippen LogP contribution in [0.25, 0.3) is 6.08 Å². The van der Waals surface area contributed by atoms with Crippen molar-refractivity contribution >= 4 is 37.9 Å². The molecule has 3 N–H and O–H groups in total. The van der Waals surface area contributed by atoms with Gasteiger partial charge >= 0.3 is 0 Å². The van der Waals surface area contributed by atoms with Crippen molar-refractivity contribution in [1.82, 2.24) is 19.9 Å². The minimum atomic E-state index is -3.79. The number of furan rings is 1. The third-order valence-electron chi connectivity index (χ3n) is 5.64. The van der Waals surface area contributed by atoms with E-state index in [4.69, 9.17) is 9.15 Å². The Morgan fingerprint density at radius 3 is 2.33 bits per heavy atom. The number of hydrogen-bond acceptors (Lipinski definition) is 8. The number of carbonyl (C=O) groups is 2. The summed E-state index contributed by atoms with van der Waals surface area (Å²) in [6.07, 6.45) is 4.03. The summed E-state index contributed by atoms with van der Waals surface area (Å²) in [6.45, 7) is 1.05. The number of rotatable bonds is 9. The molecule has 0 atom stereocenters. The number of hydrazine groups is 1. The van der Waals surface area contributed by atoms with E-state index in [1.807, 2.05) is 0 Å². The number of amides is 2. The second-order valence-corrected chi connectivity index (χ2v) is 12.0. The van der Waals surface area contributed by atoms with E-state index in [2.05, 4.69) is 15.6 Å². The van der Waals surface area contributed by atoms with Gasteiger partial charge in [0.1, 0.15) is 5.76 Å². The number of nitrogens with zero attached hydrogens (tertiary/aromatic N) is 1. The molecule has 2 heterocycles. The Morgan fingerprint density at radius 2 is 1.64 bits per heavy atom. The van der Waals surface area contributed by atoms with Crippen molar-refractivity contribution < 1.29 is 35.6 Å². The number of ether oxygens (including phenoxy) is 1. The van der Waals surface area contributed by atoms with Crippen LogP contribution in [0.2, 0.25) is 0 Å². The minimum Gasteiger partial charge on any atom is -0.468 e. The zero-order chi connectivity index (χ0) is 27.9. The van der Waals surface area contributed by atoms with Crippen molar-refractivity contribution in [2.45, 2.75) is 16.3 Å². The van der Waals surface area contributed by atoms with Gasteiger partial charge in [-0.2, -0.15) is 4.31 Å². The first-order valence-corrected chi connectivity index (χ1v) is 14.7. The number of carbonyl (C=O) groups excluding carboxylic acids is 2. The van der Waals surface area contributed by atoms with Crippen LogP contribution in [0.5, 0.6) is 0 Å². The fourth-order valence-electron chi connectivity index (χ4n) is 3.56. The summed E-state index contributed by atoms with van der Waals surface area (Å²) in [4.78, 5) is 24.7. The Bertz CT molecular complexity index is 1550. The molecule has 1 saturated heterocycles. The summed E-state index contributed by atoms with van der Waals surface area (Å²) in [5.74, 6) is -0.883. The van der Waals surface area contributed by atoms with Gasteiger partial charge < -0.3 is 9.15 Å². The van der Waals surface area contributed by atoms with Crippen molar-refractivity contribution in [3.8, 4) is 0 Å². The molecule has 3 aromatic rings. The zero-order valence-corrected chi connectivity index (χ0v) is 22.2. The first-order valence-electron chi connectivity index (χ1n) is 11.7. The maximum Gasteiger partial charge on any atom is 0.269 e. The second-order valence-electron chi connectivity index (χ2n) is 8.29. The molecule has 0 spiro atoms. The van der Waals surface area contributed by atoms with Crippen LogP contribution in [-0.4, -0.2) is 59.3 Å². The van der Waals surface area contributed by atoms with E-state index in [0.717, 1.165) is 6.08 Å². The largest absolute Gasteiger partial charge is 0.468 e. The fraction of sp³-hybridized carbons (Fsp3) is 0.200. The first kappa shape index (κ1) is 28.2. The van der Waals surface area contributed by atoms with Gasteiger partial charge in [-0.05, 0) is 54.1 Å². The second kappa shape index (κ2) is 12.4. The molecule has 1 aromatic heterocycles. The van der Waals surface area contributed by atoms with Gasteiger partial charge in [0.25, 0.3) is 11.8 Å². The molecule has 0 bridgehead atoms. The number of sulfonamides is 2. The zero-order valence-electron chi connectivity index (χ0n) is 20.6. The van der Waals surface area contributed by atoms with Crippen LogP contribution in [0.15, 0.2) is 87.2 Å². The summed E-state index contributed by atoms with van der Waals surface area (Å²) >= 11 is 0. The molecule has 39 heavy (non-hydrogen) atoms. The third kappa shape index (κ3) is 7.40. The number of hydrogen-bond donors (Lipinski definition) is 3. The van der Waals surface area contributed by atoms with Crippen LogP contribution in [0.1, 0.15) is 21.7 Å². The molecule has 206 valence electrons. The Morgan fingerprint density at radius 1 is 0.897 bits per heavy atom. The highest BCUT2D eigenvalue weighted by Crippen LogP contribution is 2.18. The lowest BCUT2D eigenvalue weighted by Gasteiger charge is -2.26. The molecule has 0 radical (unpaired) electrons. The predicted molar refractivity (Wildman–Crippen MR) is 140 cm³/mol. The fourth-order valence-corrected chi connectivity index (χ4v) is 6.01. The Hall–Kier alpha value is -3.82. The van der Waals surface area contributed by atoms with Crippen molar-refractivity contribution in [1.29, 1.82) is 0 Å². The van der Waals surface area contributed by atoms with Crippen LogP contribution in [0, 0.1) is 0 Å². The standard InChI is InChI=1S/C25H26N4O8S2/c30-24(11-8-19-6-9-22(10-7-19)38(32,33)26-18-21-4-2-14-37-21)27-28-25(31)20-3-1-5-23(17-20)39(34,35)29-12-15-36-16-13-29/h1-11,14,17,26H,12-13,15-16,18H2,(H,27,30)(H,28,31)/b11-8+. The molecule has 0 saturated carbocycles. The van der Waals surface area contributed by atoms with Crippen LogP contribution in [-0.2, 0) is 36.1 Å². The van der Waals surface area contributed by atoms with E-state index in [0.29, 0.717) is 24.5 Å². The van der Waals surface area contributed by atoms with Crippen LogP contribution < -0.4 is 15.6 Å². The topological polar surface area (TPSA) is 164 Å². The van der Waals surface area contributed by atoms with Crippen molar-refractivity contribution in [3.63, 3.8) is 0 Å². The monoisotopic (exact) mass is 574 g/mol. The van der Waals surface area contributed by atoms with Crippen molar-refractivity contribution in [2.75, 3.05) is 26.3 Å². The molecular weight excluding hydrogens is 548 g/mol. The van der Waals surface area contributed by atoms with Gasteiger partial charge in [-0.15, -0.1) is 0 Å².